The van der Waals surface area contributed by atoms with E-state index in [-0.39, 0.29) is 41.1 Å². The summed E-state index contributed by atoms with van der Waals surface area (Å²) >= 11 is 0. The Morgan fingerprint density at radius 1 is 0.893 bits per heavy atom. The maximum absolute atomic E-state index is 14.4. The summed E-state index contributed by atoms with van der Waals surface area (Å²) in [6.07, 6.45) is 1.14. The molecule has 300 valence electrons. The number of carbonyl (C=O) groups excluding carboxylic acids is 3. The number of nitrogens with one attached hydrogen (secondary N) is 3. The van der Waals surface area contributed by atoms with Crippen LogP contribution in [0.3, 0.4) is 0 Å². The Labute approximate surface area is 322 Å². The molecule has 3 amide bonds. The standard InChI is InChI=1S/C38H47F3N10O5/c1-20(2)28(56-36(42)53)19-50-14-6-8-26(50)33-45-18-25(46-33)24-16-43-32(44-17-24)23-12-10-22(11-13-23)30-31(38(39,40)41)49-34(47-30)27-9-7-15-51(27)35(52)29(21(3)4)48-37(54)55-5/h10-13,16-18,20-21,26-29H,6-9,14-15,19H2,1-5H3,(H2,42,53)(H,45,46)(H,47,49)(H,48,54)/t26-,27?,28+,29-/m0/s1. The number of nitrogens with two attached hydrogens (primary N) is 1. The lowest BCUT2D eigenvalue weighted by Crippen LogP contribution is -2.51. The van der Waals surface area contributed by atoms with E-state index in [9.17, 15) is 27.6 Å². The number of alkyl carbamates (subject to hydrolysis) is 1. The molecule has 4 aromatic rings. The second kappa shape index (κ2) is 16.7. The number of primary amides is 1. The minimum absolute atomic E-state index is 0.0103. The zero-order chi connectivity index (χ0) is 40.3. The summed E-state index contributed by atoms with van der Waals surface area (Å²) in [5, 5.41) is 2.54. The number of halogens is 3. The van der Waals surface area contributed by atoms with Crippen molar-refractivity contribution in [3.8, 4) is 33.9 Å². The summed E-state index contributed by atoms with van der Waals surface area (Å²) in [7, 11) is 1.19. The zero-order valence-corrected chi connectivity index (χ0v) is 31.9. The Morgan fingerprint density at radius 2 is 1.55 bits per heavy atom. The minimum atomic E-state index is -4.78. The van der Waals surface area contributed by atoms with E-state index in [0.29, 0.717) is 42.9 Å². The van der Waals surface area contributed by atoms with Crippen molar-refractivity contribution >= 4 is 18.1 Å². The first-order valence-electron chi connectivity index (χ1n) is 18.6. The first-order chi connectivity index (χ1) is 26.6. The molecule has 5 heterocycles. The smallest absolute Gasteiger partial charge is 0.435 e. The van der Waals surface area contributed by atoms with Crippen LogP contribution in [0.5, 0.6) is 0 Å². The first kappa shape index (κ1) is 40.2. The molecular formula is C38H47F3N10O5. The van der Waals surface area contributed by atoms with Crippen molar-refractivity contribution < 1.29 is 37.0 Å². The molecule has 15 nitrogen and oxygen atoms in total. The third-order valence-corrected chi connectivity index (χ3v) is 10.3. The summed E-state index contributed by atoms with van der Waals surface area (Å²) in [5.41, 5.74) is 6.24. The number of alkyl halides is 3. The van der Waals surface area contributed by atoms with E-state index in [1.165, 1.54) is 12.0 Å². The molecule has 0 spiro atoms. The van der Waals surface area contributed by atoms with Gasteiger partial charge in [-0.25, -0.2) is 29.5 Å². The van der Waals surface area contributed by atoms with Crippen molar-refractivity contribution in [3.63, 3.8) is 0 Å². The molecule has 1 aromatic carbocycles. The van der Waals surface area contributed by atoms with Gasteiger partial charge in [-0.1, -0.05) is 52.0 Å². The number of ether oxygens (including phenoxy) is 2. The molecule has 2 aliphatic rings. The summed E-state index contributed by atoms with van der Waals surface area (Å²) < 4.78 is 53.2. The van der Waals surface area contributed by atoms with Gasteiger partial charge in [-0.3, -0.25) is 9.69 Å². The van der Waals surface area contributed by atoms with Crippen LogP contribution in [0.15, 0.2) is 42.9 Å². The summed E-state index contributed by atoms with van der Waals surface area (Å²) in [5.74, 6) is 0.535. The number of methoxy groups -OCH3 is 1. The fourth-order valence-electron chi connectivity index (χ4n) is 7.33. The third kappa shape index (κ3) is 8.79. The van der Waals surface area contributed by atoms with Gasteiger partial charge in [0.1, 0.15) is 23.8 Å². The predicted molar refractivity (Wildman–Crippen MR) is 198 cm³/mol. The number of benzene rings is 1. The van der Waals surface area contributed by atoms with Gasteiger partial charge in [0.15, 0.2) is 11.5 Å². The Hall–Kier alpha value is -5.52. The number of carbonyl (C=O) groups is 3. The molecule has 0 radical (unpaired) electrons. The number of aromatic amines is 2. The van der Waals surface area contributed by atoms with Crippen LogP contribution in [-0.4, -0.2) is 96.7 Å². The van der Waals surface area contributed by atoms with Gasteiger partial charge in [0.25, 0.3) is 0 Å². The van der Waals surface area contributed by atoms with Crippen molar-refractivity contribution in [2.75, 3.05) is 26.7 Å². The van der Waals surface area contributed by atoms with Gasteiger partial charge < -0.3 is 35.4 Å². The van der Waals surface area contributed by atoms with Crippen LogP contribution < -0.4 is 11.1 Å². The predicted octanol–water partition coefficient (Wildman–Crippen LogP) is 6.24. The van der Waals surface area contributed by atoms with Gasteiger partial charge in [-0.05, 0) is 44.1 Å². The number of hydrogen-bond donors (Lipinski definition) is 4. The number of nitrogens with zero attached hydrogens (tertiary/aromatic N) is 6. The summed E-state index contributed by atoms with van der Waals surface area (Å²) in [6.45, 7) is 9.15. The number of likely N-dealkylation sites (tertiary alicyclic amines) is 2. The molecule has 0 saturated carbocycles. The minimum Gasteiger partial charge on any atom is -0.453 e. The molecule has 18 heteroatoms. The van der Waals surface area contributed by atoms with Crippen molar-refractivity contribution in [2.45, 2.75) is 83.8 Å². The fraction of sp³-hybridized carbons (Fsp3) is 0.500. The Balaban J connectivity index is 1.17. The second-order valence-electron chi connectivity index (χ2n) is 14.8. The highest BCUT2D eigenvalue weighted by Gasteiger charge is 2.42. The SMILES string of the molecule is COC(=O)N[C@H](C(=O)N1CCCC1c1nc(C(F)(F)F)c(-c2ccc(-c3ncc(-c4cnc([C@@H]5CCCN5C[C@@H](OC(N)=O)C(C)C)[nH]4)cn3)cc2)[nH]1)C(C)C. The van der Waals surface area contributed by atoms with Gasteiger partial charge >= 0.3 is 18.4 Å². The number of amides is 3. The molecule has 2 fully saturated rings. The molecule has 3 aromatic heterocycles. The lowest BCUT2D eigenvalue weighted by molar-refractivity contribution is -0.140. The van der Waals surface area contributed by atoms with Crippen LogP contribution in [0.1, 0.15) is 82.8 Å². The number of rotatable bonds is 12. The van der Waals surface area contributed by atoms with Gasteiger partial charge in [-0.2, -0.15) is 13.2 Å². The van der Waals surface area contributed by atoms with E-state index < -0.39 is 42.0 Å². The van der Waals surface area contributed by atoms with Gasteiger partial charge in [0.05, 0.1) is 36.8 Å². The Morgan fingerprint density at radius 3 is 2.18 bits per heavy atom. The quantitative estimate of drug-likeness (QED) is 0.128. The monoisotopic (exact) mass is 780 g/mol. The molecule has 0 bridgehead atoms. The van der Waals surface area contributed by atoms with Crippen molar-refractivity contribution in [1.29, 1.82) is 0 Å². The highest BCUT2D eigenvalue weighted by molar-refractivity contribution is 5.86. The molecule has 0 aliphatic carbocycles. The van der Waals surface area contributed by atoms with E-state index in [4.69, 9.17) is 10.5 Å². The van der Waals surface area contributed by atoms with E-state index in [0.717, 1.165) is 30.9 Å². The van der Waals surface area contributed by atoms with Gasteiger partial charge in [0.2, 0.25) is 5.91 Å². The number of aromatic nitrogens is 6. The number of hydrogen-bond acceptors (Lipinski definition) is 10. The van der Waals surface area contributed by atoms with Crippen LogP contribution >= 0.6 is 0 Å². The van der Waals surface area contributed by atoms with E-state index in [1.54, 1.807) is 56.7 Å². The van der Waals surface area contributed by atoms with Crippen molar-refractivity contribution in [2.24, 2.45) is 17.6 Å². The highest BCUT2D eigenvalue weighted by atomic mass is 19.4. The van der Waals surface area contributed by atoms with Crippen LogP contribution in [0, 0.1) is 11.8 Å². The van der Waals surface area contributed by atoms with Gasteiger partial charge in [0, 0.05) is 42.2 Å². The normalized spacial score (nSPS) is 18.7. The Bertz CT molecular complexity index is 2000. The second-order valence-corrected chi connectivity index (χ2v) is 14.8. The lowest BCUT2D eigenvalue weighted by Gasteiger charge is -2.30. The maximum Gasteiger partial charge on any atom is 0.435 e. The summed E-state index contributed by atoms with van der Waals surface area (Å²) in [4.78, 5) is 64.6. The molecule has 56 heavy (non-hydrogen) atoms. The van der Waals surface area contributed by atoms with Crippen LogP contribution in [0.4, 0.5) is 22.8 Å². The lowest BCUT2D eigenvalue weighted by atomic mass is 10.0. The molecule has 6 rings (SSSR count). The van der Waals surface area contributed by atoms with Crippen molar-refractivity contribution in [1.82, 2.24) is 45.0 Å². The maximum atomic E-state index is 14.4. The number of H-pyrrole nitrogens is 2. The van der Waals surface area contributed by atoms with Crippen LogP contribution in [0.25, 0.3) is 33.9 Å². The third-order valence-electron chi connectivity index (χ3n) is 10.3. The molecule has 2 saturated heterocycles. The summed E-state index contributed by atoms with van der Waals surface area (Å²) in [6, 6.07) is 4.69. The average molecular weight is 781 g/mol. The molecule has 2 aliphatic heterocycles. The fourth-order valence-corrected chi connectivity index (χ4v) is 7.33. The van der Waals surface area contributed by atoms with Crippen LogP contribution in [0.2, 0.25) is 0 Å². The van der Waals surface area contributed by atoms with Crippen molar-refractivity contribution in [3.05, 3.63) is 60.2 Å². The van der Waals surface area contributed by atoms with E-state index in [2.05, 4.69) is 44.9 Å². The van der Waals surface area contributed by atoms with Crippen LogP contribution in [-0.2, 0) is 20.4 Å². The van der Waals surface area contributed by atoms with E-state index in [1.807, 2.05) is 13.8 Å². The first-order valence-corrected chi connectivity index (χ1v) is 18.6. The van der Waals surface area contributed by atoms with E-state index >= 15 is 0 Å². The van der Waals surface area contributed by atoms with Gasteiger partial charge in [-0.15, -0.1) is 0 Å². The molecule has 5 N–H and O–H groups in total. The Kier molecular flexibility index (Phi) is 12.0. The highest BCUT2D eigenvalue weighted by Crippen LogP contribution is 2.40. The molecule has 1 unspecified atom stereocenters. The molecule has 4 atom stereocenters. The average Bonchev–Trinajstić information content (AvgIpc) is 3.99. The largest absolute Gasteiger partial charge is 0.453 e. The molecular weight excluding hydrogens is 733 g/mol. The topological polar surface area (TPSA) is 197 Å². The zero-order valence-electron chi connectivity index (χ0n) is 31.9. The number of imidazole rings is 2.